The molecule has 2 fully saturated rings. The lowest BCUT2D eigenvalue weighted by Crippen LogP contribution is -2.45. The highest BCUT2D eigenvalue weighted by atomic mass is 35.5. The minimum absolute atomic E-state index is 0.0170. The molecular formula is C33H34ClFN6O4. The first kappa shape index (κ1) is 31.9. The van der Waals surface area contributed by atoms with Gasteiger partial charge in [0, 0.05) is 25.1 Å². The molecule has 0 radical (unpaired) electrons. The van der Waals surface area contributed by atoms with E-state index < -0.39 is 41.4 Å². The fraction of sp³-hybridized carbons (Fsp3) is 0.364. The summed E-state index contributed by atoms with van der Waals surface area (Å²) in [6, 6.07) is 7.91. The summed E-state index contributed by atoms with van der Waals surface area (Å²) in [4.78, 5) is 43.8. The van der Waals surface area contributed by atoms with Crippen LogP contribution in [0.2, 0.25) is 5.02 Å². The first-order valence-corrected chi connectivity index (χ1v) is 15.2. The summed E-state index contributed by atoms with van der Waals surface area (Å²) < 4.78 is 20.6. The Bertz CT molecular complexity index is 1610. The molecule has 4 N–H and O–H groups in total. The quantitative estimate of drug-likeness (QED) is 0.299. The summed E-state index contributed by atoms with van der Waals surface area (Å²) in [6.45, 7) is 1.20. The van der Waals surface area contributed by atoms with Crippen LogP contribution in [-0.4, -0.2) is 46.5 Å². The number of esters is 1. The maximum Gasteiger partial charge on any atom is 0.323 e. The lowest BCUT2D eigenvalue weighted by atomic mass is 9.77. The highest BCUT2D eigenvalue weighted by molar-refractivity contribution is 6.30. The number of hydrogen-bond donors (Lipinski definition) is 3. The molecule has 1 aliphatic heterocycles. The van der Waals surface area contributed by atoms with Crippen LogP contribution >= 0.6 is 11.6 Å². The average Bonchev–Trinajstić information content (AvgIpc) is 3.80. The molecule has 1 unspecified atom stereocenters. The molecule has 12 heteroatoms. The number of nitriles is 1. The summed E-state index contributed by atoms with van der Waals surface area (Å²) in [5.41, 5.74) is 8.07. The number of halogens is 2. The van der Waals surface area contributed by atoms with Crippen LogP contribution in [0.25, 0.3) is 0 Å². The maximum atomic E-state index is 15.2. The van der Waals surface area contributed by atoms with E-state index in [0.29, 0.717) is 34.9 Å². The Morgan fingerprint density at radius 1 is 1.24 bits per heavy atom. The first-order valence-electron chi connectivity index (χ1n) is 14.8. The molecule has 2 aliphatic carbocycles. The first-order chi connectivity index (χ1) is 21.5. The van der Waals surface area contributed by atoms with E-state index in [9.17, 15) is 19.6 Å². The number of urea groups is 1. The summed E-state index contributed by atoms with van der Waals surface area (Å²) >= 11 is 5.89. The zero-order chi connectivity index (χ0) is 32.1. The van der Waals surface area contributed by atoms with Gasteiger partial charge in [0.25, 0.3) is 0 Å². The normalized spacial score (nSPS) is 20.6. The molecule has 1 aromatic heterocycles. The second-order valence-corrected chi connectivity index (χ2v) is 12.0. The van der Waals surface area contributed by atoms with Crippen LogP contribution in [0.5, 0.6) is 0 Å². The number of nitrogens with two attached hydrogens (primary N) is 1. The number of pyridine rings is 1. The van der Waals surface area contributed by atoms with Crippen LogP contribution in [0, 0.1) is 23.1 Å². The van der Waals surface area contributed by atoms with Gasteiger partial charge in [0.15, 0.2) is 0 Å². The van der Waals surface area contributed by atoms with Gasteiger partial charge in [-0.2, -0.15) is 5.26 Å². The Kier molecular flexibility index (Phi) is 9.65. The van der Waals surface area contributed by atoms with Gasteiger partial charge in [-0.05, 0) is 66.7 Å². The van der Waals surface area contributed by atoms with E-state index in [1.807, 2.05) is 12.2 Å². The number of hydrogen-bond acceptors (Lipinski definition) is 7. The van der Waals surface area contributed by atoms with E-state index in [1.165, 1.54) is 36.2 Å². The Morgan fingerprint density at radius 2 is 2.04 bits per heavy atom. The average molecular weight is 633 g/mol. The molecule has 1 saturated carbocycles. The van der Waals surface area contributed by atoms with Crippen molar-refractivity contribution in [1.29, 1.82) is 5.26 Å². The van der Waals surface area contributed by atoms with Crippen LogP contribution in [0.4, 0.5) is 20.7 Å². The van der Waals surface area contributed by atoms with Gasteiger partial charge >= 0.3 is 12.0 Å². The number of allylic oxidation sites excluding steroid dienone is 5. The summed E-state index contributed by atoms with van der Waals surface area (Å²) in [5, 5.41) is 15.0. The molecular weight excluding hydrogens is 599 g/mol. The van der Waals surface area contributed by atoms with Crippen LogP contribution in [0.3, 0.4) is 0 Å². The number of aromatic nitrogens is 1. The lowest BCUT2D eigenvalue weighted by Gasteiger charge is -2.33. The zero-order valence-corrected chi connectivity index (χ0v) is 25.5. The Hall–Kier alpha value is -4.53. The number of rotatable bonds is 9. The largest absolute Gasteiger partial charge is 0.461 e. The molecule has 45 heavy (non-hydrogen) atoms. The van der Waals surface area contributed by atoms with Gasteiger partial charge in [0.2, 0.25) is 5.91 Å². The number of likely N-dealkylation sites (tertiary alicyclic amines) is 1. The third-order valence-electron chi connectivity index (χ3n) is 8.32. The number of amides is 3. The Morgan fingerprint density at radius 3 is 2.73 bits per heavy atom. The zero-order valence-electron chi connectivity index (χ0n) is 24.8. The predicted octanol–water partition coefficient (Wildman–Crippen LogP) is 5.73. The van der Waals surface area contributed by atoms with Crippen molar-refractivity contribution in [3.8, 4) is 6.07 Å². The van der Waals surface area contributed by atoms with Crippen molar-refractivity contribution in [2.24, 2.45) is 11.7 Å². The molecule has 2 heterocycles. The van der Waals surface area contributed by atoms with E-state index in [0.717, 1.165) is 24.8 Å². The third kappa shape index (κ3) is 7.77. The second-order valence-electron chi connectivity index (χ2n) is 11.6. The highest BCUT2D eigenvalue weighted by Gasteiger charge is 2.42. The van der Waals surface area contributed by atoms with Crippen LogP contribution in [0.15, 0.2) is 72.0 Å². The van der Waals surface area contributed by atoms with Crippen molar-refractivity contribution in [3.05, 3.63) is 88.4 Å². The van der Waals surface area contributed by atoms with Gasteiger partial charge in [-0.1, -0.05) is 48.7 Å². The van der Waals surface area contributed by atoms with Crippen LogP contribution in [-0.2, 0) is 19.9 Å². The van der Waals surface area contributed by atoms with Crippen molar-refractivity contribution in [1.82, 2.24) is 9.88 Å². The van der Waals surface area contributed by atoms with Crippen molar-refractivity contribution in [2.45, 2.75) is 63.1 Å². The fourth-order valence-corrected chi connectivity index (χ4v) is 5.81. The fourth-order valence-electron chi connectivity index (χ4n) is 5.70. The summed E-state index contributed by atoms with van der Waals surface area (Å²) in [6.07, 6.45) is 12.1. The molecule has 3 amide bonds. The lowest BCUT2D eigenvalue weighted by molar-refractivity contribution is -0.145. The SMILES string of the molecule is CC(=O)O[C@@H]1C[C@H](C(=O)Nc2cc(C(N)(CCC3CC3)C3=CC=CC(C#N)=CC3)ccc2F)N(C(=O)Nc2ccc(Cl)cn2)C1. The minimum Gasteiger partial charge on any atom is -0.461 e. The van der Waals surface area contributed by atoms with Gasteiger partial charge in [0.05, 0.1) is 28.9 Å². The van der Waals surface area contributed by atoms with Gasteiger partial charge in [0.1, 0.15) is 23.8 Å². The number of nitrogens with one attached hydrogen (secondary N) is 2. The number of anilines is 2. The monoisotopic (exact) mass is 632 g/mol. The smallest absolute Gasteiger partial charge is 0.323 e. The van der Waals surface area contributed by atoms with E-state index in [-0.39, 0.29) is 24.5 Å². The predicted molar refractivity (Wildman–Crippen MR) is 167 cm³/mol. The topological polar surface area (TPSA) is 150 Å². The second kappa shape index (κ2) is 13.6. The highest BCUT2D eigenvalue weighted by Crippen LogP contribution is 2.42. The van der Waals surface area contributed by atoms with Gasteiger partial charge < -0.3 is 20.7 Å². The number of carbonyl (C=O) groups excluding carboxylic acids is 3. The van der Waals surface area contributed by atoms with Gasteiger partial charge in [-0.15, -0.1) is 0 Å². The standard InChI is InChI=1S/C33H34ClFN6O4/c1-20(42)45-26-16-29(41(19-26)32(44)40-30-12-10-25(34)18-38-30)31(43)39-28-15-24(9-11-27(28)35)33(37,14-13-21-5-6-21)23-4-2-3-22(17-36)7-8-23/h2-4,7,9-12,15,18,21,26,29H,5-6,8,13-14,16,19,37H2,1H3,(H,39,43)(H,38,40,44)/t26-,29-,33?/m1/s1. The van der Waals surface area contributed by atoms with E-state index >= 15 is 4.39 Å². The molecule has 3 aliphatic rings. The molecule has 10 nitrogen and oxygen atoms in total. The summed E-state index contributed by atoms with van der Waals surface area (Å²) in [7, 11) is 0. The molecule has 234 valence electrons. The number of ether oxygens (including phenoxy) is 1. The van der Waals surface area contributed by atoms with Gasteiger partial charge in [-0.3, -0.25) is 14.9 Å². The maximum absolute atomic E-state index is 15.2. The van der Waals surface area contributed by atoms with Gasteiger partial charge in [-0.25, -0.2) is 14.2 Å². The van der Waals surface area contributed by atoms with Crippen molar-refractivity contribution in [3.63, 3.8) is 0 Å². The molecule has 5 rings (SSSR count). The van der Waals surface area contributed by atoms with Crippen LogP contribution in [0.1, 0.15) is 51.0 Å². The summed E-state index contributed by atoms with van der Waals surface area (Å²) in [5.74, 6) is -1.08. The number of carbonyl (C=O) groups is 3. The van der Waals surface area contributed by atoms with E-state index in [1.54, 1.807) is 24.3 Å². The molecule has 1 saturated heterocycles. The Labute approximate surface area is 265 Å². The number of benzene rings is 1. The molecule has 0 bridgehead atoms. The Balaban J connectivity index is 1.39. The van der Waals surface area contributed by atoms with E-state index in [4.69, 9.17) is 22.1 Å². The van der Waals surface area contributed by atoms with Crippen molar-refractivity contribution in [2.75, 3.05) is 17.2 Å². The molecule has 0 spiro atoms. The third-order valence-corrected chi connectivity index (χ3v) is 8.55. The van der Waals surface area contributed by atoms with Crippen molar-refractivity contribution < 1.29 is 23.5 Å². The minimum atomic E-state index is -1.08. The molecule has 3 atom stereocenters. The van der Waals surface area contributed by atoms with Crippen LogP contribution < -0.4 is 16.4 Å². The molecule has 1 aromatic carbocycles. The number of nitrogens with zero attached hydrogens (tertiary/aromatic N) is 3. The molecule has 2 aromatic rings. The van der Waals surface area contributed by atoms with E-state index in [2.05, 4.69) is 21.7 Å². The van der Waals surface area contributed by atoms with Crippen molar-refractivity contribution >= 4 is 41.0 Å².